The summed E-state index contributed by atoms with van der Waals surface area (Å²) in [5, 5.41) is 14.6. The Morgan fingerprint density at radius 1 is 1.11 bits per heavy atom. The van der Waals surface area contributed by atoms with Gasteiger partial charge in [-0.05, 0) is 11.8 Å². The monoisotopic (exact) mass is 381 g/mol. The van der Waals surface area contributed by atoms with Crippen molar-refractivity contribution in [2.24, 2.45) is 17.6 Å². The molecule has 9 nitrogen and oxygen atoms in total. The van der Waals surface area contributed by atoms with Gasteiger partial charge in [-0.1, -0.05) is 40.5 Å². The molecule has 0 aromatic carbocycles. The lowest BCUT2D eigenvalue weighted by molar-refractivity contribution is -0.144. The van der Waals surface area contributed by atoms with Gasteiger partial charge >= 0.3 is 5.97 Å². The Bertz CT molecular complexity index is 619. The van der Waals surface area contributed by atoms with Crippen LogP contribution in [0.5, 0.6) is 0 Å². The molecule has 0 aliphatic rings. The van der Waals surface area contributed by atoms with Gasteiger partial charge in [-0.15, -0.1) is 0 Å². The minimum Gasteiger partial charge on any atom is -0.480 e. The van der Waals surface area contributed by atoms with Gasteiger partial charge in [-0.25, -0.2) is 9.78 Å². The predicted molar refractivity (Wildman–Crippen MR) is 101 cm³/mol. The summed E-state index contributed by atoms with van der Waals surface area (Å²) < 4.78 is 0. The maximum Gasteiger partial charge on any atom is 0.326 e. The third kappa shape index (κ3) is 6.67. The van der Waals surface area contributed by atoms with Gasteiger partial charge in [0.1, 0.15) is 12.1 Å². The van der Waals surface area contributed by atoms with Crippen LogP contribution in [-0.2, 0) is 20.8 Å². The summed E-state index contributed by atoms with van der Waals surface area (Å²) in [5.74, 6) is -2.50. The number of carbonyl (C=O) groups is 3. The van der Waals surface area contributed by atoms with Crippen LogP contribution < -0.4 is 16.4 Å². The van der Waals surface area contributed by atoms with Crippen LogP contribution in [0.1, 0.15) is 46.2 Å². The first-order valence-corrected chi connectivity index (χ1v) is 9.27. The normalized spacial score (nSPS) is 16.6. The number of carbonyl (C=O) groups excluding carboxylic acids is 2. The molecule has 0 fully saturated rings. The molecule has 0 aliphatic carbocycles. The molecule has 1 heterocycles. The van der Waals surface area contributed by atoms with Gasteiger partial charge in [-0.3, -0.25) is 9.59 Å². The number of aromatic amines is 1. The van der Waals surface area contributed by atoms with Crippen LogP contribution in [0.2, 0.25) is 0 Å². The van der Waals surface area contributed by atoms with E-state index in [1.165, 1.54) is 6.33 Å². The summed E-state index contributed by atoms with van der Waals surface area (Å²) in [6.07, 6.45) is 4.57. The second kappa shape index (κ2) is 10.7. The van der Waals surface area contributed by atoms with Crippen LogP contribution in [0, 0.1) is 11.8 Å². The number of carboxylic acid groups (broad SMARTS) is 1. The van der Waals surface area contributed by atoms with Crippen molar-refractivity contribution in [3.8, 4) is 0 Å². The lowest BCUT2D eigenvalue weighted by Crippen LogP contribution is -2.57. The molecule has 0 spiro atoms. The number of nitrogens with one attached hydrogen (secondary N) is 3. The van der Waals surface area contributed by atoms with Gasteiger partial charge in [-0.2, -0.15) is 0 Å². The molecule has 152 valence electrons. The van der Waals surface area contributed by atoms with Crippen molar-refractivity contribution in [2.75, 3.05) is 0 Å². The molecule has 6 N–H and O–H groups in total. The Morgan fingerprint density at radius 3 is 2.15 bits per heavy atom. The number of amides is 2. The first-order chi connectivity index (χ1) is 12.7. The molecule has 0 bridgehead atoms. The van der Waals surface area contributed by atoms with Crippen LogP contribution >= 0.6 is 0 Å². The van der Waals surface area contributed by atoms with Gasteiger partial charge < -0.3 is 26.5 Å². The summed E-state index contributed by atoms with van der Waals surface area (Å²) in [4.78, 5) is 43.4. The van der Waals surface area contributed by atoms with Crippen molar-refractivity contribution in [3.63, 3.8) is 0 Å². The van der Waals surface area contributed by atoms with Crippen LogP contribution in [-0.4, -0.2) is 51.0 Å². The van der Waals surface area contributed by atoms with Gasteiger partial charge in [0.25, 0.3) is 0 Å². The average molecular weight is 381 g/mol. The Labute approximate surface area is 159 Å². The highest BCUT2D eigenvalue weighted by Gasteiger charge is 2.32. The van der Waals surface area contributed by atoms with E-state index in [0.29, 0.717) is 18.5 Å². The van der Waals surface area contributed by atoms with Crippen molar-refractivity contribution in [1.82, 2.24) is 20.6 Å². The smallest absolute Gasteiger partial charge is 0.326 e. The summed E-state index contributed by atoms with van der Waals surface area (Å²) in [6.45, 7) is 7.33. The van der Waals surface area contributed by atoms with E-state index in [1.54, 1.807) is 13.1 Å². The number of rotatable bonds is 11. The highest BCUT2D eigenvalue weighted by Crippen LogP contribution is 2.12. The van der Waals surface area contributed by atoms with E-state index in [0.717, 1.165) is 0 Å². The molecule has 5 unspecified atom stereocenters. The van der Waals surface area contributed by atoms with Gasteiger partial charge in [0.05, 0.1) is 12.4 Å². The van der Waals surface area contributed by atoms with E-state index in [4.69, 9.17) is 5.73 Å². The van der Waals surface area contributed by atoms with E-state index in [2.05, 4.69) is 20.6 Å². The maximum atomic E-state index is 12.7. The molecule has 27 heavy (non-hydrogen) atoms. The number of aliphatic carboxylic acids is 1. The van der Waals surface area contributed by atoms with Gasteiger partial charge in [0.15, 0.2) is 0 Å². The Kier molecular flexibility index (Phi) is 8.93. The molecular weight excluding hydrogens is 350 g/mol. The third-order valence-electron chi connectivity index (χ3n) is 4.90. The molecule has 0 aliphatic heterocycles. The zero-order valence-corrected chi connectivity index (χ0v) is 16.4. The Morgan fingerprint density at radius 2 is 1.67 bits per heavy atom. The van der Waals surface area contributed by atoms with E-state index < -0.39 is 35.9 Å². The summed E-state index contributed by atoms with van der Waals surface area (Å²) >= 11 is 0. The van der Waals surface area contributed by atoms with Crippen molar-refractivity contribution >= 4 is 17.8 Å². The first kappa shape index (κ1) is 22.6. The van der Waals surface area contributed by atoms with Gasteiger partial charge in [0.2, 0.25) is 11.8 Å². The number of H-pyrrole nitrogens is 1. The highest BCUT2D eigenvalue weighted by molar-refractivity contribution is 5.92. The van der Waals surface area contributed by atoms with E-state index in [1.807, 2.05) is 20.8 Å². The average Bonchev–Trinajstić information content (AvgIpc) is 3.14. The van der Waals surface area contributed by atoms with Gasteiger partial charge in [0, 0.05) is 18.3 Å². The van der Waals surface area contributed by atoms with Crippen LogP contribution in [0.3, 0.4) is 0 Å². The van der Waals surface area contributed by atoms with Crippen molar-refractivity contribution in [2.45, 2.75) is 65.1 Å². The first-order valence-electron chi connectivity index (χ1n) is 9.27. The Hall–Kier alpha value is -2.42. The fourth-order valence-electron chi connectivity index (χ4n) is 2.61. The van der Waals surface area contributed by atoms with Crippen molar-refractivity contribution in [1.29, 1.82) is 0 Å². The lowest BCUT2D eigenvalue weighted by Gasteiger charge is -2.28. The molecule has 9 heteroatoms. The predicted octanol–water partition coefficient (Wildman–Crippen LogP) is 0.426. The molecule has 1 rings (SSSR count). The molecule has 1 aromatic heterocycles. The molecule has 5 atom stereocenters. The standard InChI is InChI=1S/C18H31N5O4/c1-5-10(3)14(17(25)23-15(18(26)27)11(4)6-2)22-16(24)13(19)7-12-8-20-9-21-12/h8-11,13-15H,5-7,19H2,1-4H3,(H,20,21)(H,22,24)(H,23,25)(H,26,27). The van der Waals surface area contributed by atoms with Crippen molar-refractivity contribution in [3.05, 3.63) is 18.2 Å². The number of nitrogens with two attached hydrogens (primary N) is 1. The van der Waals surface area contributed by atoms with E-state index in [9.17, 15) is 19.5 Å². The zero-order chi connectivity index (χ0) is 20.6. The lowest BCUT2D eigenvalue weighted by atomic mass is 9.95. The topological polar surface area (TPSA) is 150 Å². The summed E-state index contributed by atoms with van der Waals surface area (Å²) in [5.41, 5.74) is 6.64. The number of aromatic nitrogens is 2. The fraction of sp³-hybridized carbons (Fsp3) is 0.667. The molecule has 0 saturated heterocycles. The molecule has 1 aromatic rings. The second-order valence-corrected chi connectivity index (χ2v) is 6.97. The highest BCUT2D eigenvalue weighted by atomic mass is 16.4. The van der Waals surface area contributed by atoms with E-state index in [-0.39, 0.29) is 18.3 Å². The minimum absolute atomic E-state index is 0.181. The van der Waals surface area contributed by atoms with Crippen LogP contribution in [0.25, 0.3) is 0 Å². The summed E-state index contributed by atoms with van der Waals surface area (Å²) in [7, 11) is 0. The van der Waals surface area contributed by atoms with Crippen LogP contribution in [0.4, 0.5) is 0 Å². The molecule has 0 saturated carbocycles. The number of carboxylic acids is 1. The number of nitrogens with zero attached hydrogens (tertiary/aromatic N) is 1. The maximum absolute atomic E-state index is 12.7. The minimum atomic E-state index is -1.09. The zero-order valence-electron chi connectivity index (χ0n) is 16.4. The Balaban J connectivity index is 2.83. The molecular formula is C18H31N5O4. The molecule has 2 amide bonds. The quantitative estimate of drug-likeness (QED) is 0.375. The number of imidazole rings is 1. The fourth-order valence-corrected chi connectivity index (χ4v) is 2.61. The largest absolute Gasteiger partial charge is 0.480 e. The van der Waals surface area contributed by atoms with E-state index >= 15 is 0 Å². The molecule has 0 radical (unpaired) electrons. The summed E-state index contributed by atoms with van der Waals surface area (Å²) in [6, 6.07) is -2.72. The second-order valence-electron chi connectivity index (χ2n) is 6.97. The SMILES string of the molecule is CCC(C)C(NC(=O)C(NC(=O)C(N)Cc1cnc[nH]1)C(C)CC)C(=O)O. The van der Waals surface area contributed by atoms with Crippen molar-refractivity contribution < 1.29 is 19.5 Å². The third-order valence-corrected chi connectivity index (χ3v) is 4.90. The number of hydrogen-bond donors (Lipinski definition) is 5. The number of hydrogen-bond acceptors (Lipinski definition) is 5. The van der Waals surface area contributed by atoms with Crippen LogP contribution in [0.15, 0.2) is 12.5 Å².